The van der Waals surface area contributed by atoms with Crippen molar-refractivity contribution in [1.82, 2.24) is 0 Å². The highest BCUT2D eigenvalue weighted by molar-refractivity contribution is 5.26. The topological polar surface area (TPSA) is 44.0 Å². The van der Waals surface area contributed by atoms with Crippen molar-refractivity contribution in [3.05, 3.63) is 71.3 Å². The molecule has 1 atom stereocenters. The summed E-state index contributed by atoms with van der Waals surface area (Å²) in [4.78, 5) is 0. The standard InChI is InChI=1S/C18H19NO/c19-13-12-18(20)17-11-5-10-16(14-17)9-4-8-15-6-2-1-3-7-15/h1-3,5-7,10-11,14,18,20H,4,8-9,12H2. The lowest BCUT2D eigenvalue weighted by Crippen LogP contribution is -1.97. The minimum atomic E-state index is -0.672. The molecule has 1 unspecified atom stereocenters. The fraction of sp³-hybridized carbons (Fsp3) is 0.278. The lowest BCUT2D eigenvalue weighted by Gasteiger charge is -2.09. The maximum atomic E-state index is 9.83. The monoisotopic (exact) mass is 265 g/mol. The van der Waals surface area contributed by atoms with Crippen LogP contribution in [0, 0.1) is 11.3 Å². The third kappa shape index (κ3) is 4.22. The van der Waals surface area contributed by atoms with Crippen molar-refractivity contribution in [3.8, 4) is 6.07 Å². The van der Waals surface area contributed by atoms with Crippen LogP contribution in [-0.4, -0.2) is 5.11 Å². The Labute approximate surface area is 120 Å². The van der Waals surface area contributed by atoms with Crippen LogP contribution in [0.15, 0.2) is 54.6 Å². The third-order valence-corrected chi connectivity index (χ3v) is 3.39. The van der Waals surface area contributed by atoms with Gasteiger partial charge in [-0.25, -0.2) is 0 Å². The zero-order valence-electron chi connectivity index (χ0n) is 11.5. The summed E-state index contributed by atoms with van der Waals surface area (Å²) in [7, 11) is 0. The van der Waals surface area contributed by atoms with E-state index in [1.165, 1.54) is 11.1 Å². The van der Waals surface area contributed by atoms with Gasteiger partial charge >= 0.3 is 0 Å². The van der Waals surface area contributed by atoms with Gasteiger partial charge in [0.1, 0.15) is 0 Å². The van der Waals surface area contributed by atoms with Crippen molar-refractivity contribution in [3.63, 3.8) is 0 Å². The van der Waals surface area contributed by atoms with Crippen LogP contribution in [0.2, 0.25) is 0 Å². The maximum Gasteiger partial charge on any atom is 0.0920 e. The van der Waals surface area contributed by atoms with E-state index < -0.39 is 6.10 Å². The first-order valence-corrected chi connectivity index (χ1v) is 6.97. The molecule has 1 N–H and O–H groups in total. The second-order valence-corrected chi connectivity index (χ2v) is 4.96. The molecule has 2 heteroatoms. The Hall–Kier alpha value is -2.11. The van der Waals surface area contributed by atoms with Crippen LogP contribution in [0.1, 0.15) is 35.6 Å². The Morgan fingerprint density at radius 2 is 1.65 bits per heavy atom. The fourth-order valence-electron chi connectivity index (χ4n) is 2.30. The largest absolute Gasteiger partial charge is 0.387 e. The van der Waals surface area contributed by atoms with Crippen LogP contribution in [0.3, 0.4) is 0 Å². The van der Waals surface area contributed by atoms with Gasteiger partial charge in [-0.3, -0.25) is 0 Å². The molecule has 0 aromatic heterocycles. The maximum absolute atomic E-state index is 9.83. The minimum absolute atomic E-state index is 0.146. The van der Waals surface area contributed by atoms with Gasteiger partial charge in [-0.05, 0) is 36.0 Å². The van der Waals surface area contributed by atoms with E-state index in [2.05, 4.69) is 30.3 Å². The van der Waals surface area contributed by atoms with Crippen molar-refractivity contribution in [2.75, 3.05) is 0 Å². The molecule has 2 aromatic carbocycles. The molecule has 102 valence electrons. The van der Waals surface area contributed by atoms with Crippen LogP contribution in [0.25, 0.3) is 0 Å². The van der Waals surface area contributed by atoms with E-state index in [0.717, 1.165) is 24.8 Å². The highest BCUT2D eigenvalue weighted by atomic mass is 16.3. The first-order valence-electron chi connectivity index (χ1n) is 6.97. The summed E-state index contributed by atoms with van der Waals surface area (Å²) in [5.41, 5.74) is 3.41. The number of aliphatic hydroxyl groups is 1. The summed E-state index contributed by atoms with van der Waals surface area (Å²) in [5.74, 6) is 0. The number of rotatable bonds is 6. The molecule has 0 amide bonds. The molecule has 0 bridgehead atoms. The second-order valence-electron chi connectivity index (χ2n) is 4.96. The molecule has 0 aliphatic rings. The molecule has 0 saturated heterocycles. The van der Waals surface area contributed by atoms with Crippen LogP contribution in [-0.2, 0) is 12.8 Å². The second kappa shape index (κ2) is 7.47. The van der Waals surface area contributed by atoms with Crippen LogP contribution in [0.4, 0.5) is 0 Å². The predicted octanol–water partition coefficient (Wildman–Crippen LogP) is 3.81. The van der Waals surface area contributed by atoms with Gasteiger partial charge in [0.05, 0.1) is 18.6 Å². The lowest BCUT2D eigenvalue weighted by atomic mass is 10.00. The third-order valence-electron chi connectivity index (χ3n) is 3.39. The molecular weight excluding hydrogens is 246 g/mol. The molecule has 0 aliphatic carbocycles. The average Bonchev–Trinajstić information content (AvgIpc) is 2.49. The normalized spacial score (nSPS) is 11.8. The SMILES string of the molecule is N#CCC(O)c1cccc(CCCc2ccccc2)c1. The molecule has 20 heavy (non-hydrogen) atoms. The van der Waals surface area contributed by atoms with E-state index >= 15 is 0 Å². The average molecular weight is 265 g/mol. The Bertz CT molecular complexity index is 571. The van der Waals surface area contributed by atoms with E-state index in [0.29, 0.717) is 0 Å². The Kier molecular flexibility index (Phi) is 5.34. The van der Waals surface area contributed by atoms with E-state index in [9.17, 15) is 5.11 Å². The van der Waals surface area contributed by atoms with Crippen LogP contribution >= 0.6 is 0 Å². The fourth-order valence-corrected chi connectivity index (χ4v) is 2.30. The van der Waals surface area contributed by atoms with Gasteiger partial charge in [-0.15, -0.1) is 0 Å². The van der Waals surface area contributed by atoms with Gasteiger partial charge in [-0.2, -0.15) is 5.26 Å². The van der Waals surface area contributed by atoms with Gasteiger partial charge in [-0.1, -0.05) is 54.6 Å². The number of nitriles is 1. The minimum Gasteiger partial charge on any atom is -0.387 e. The Morgan fingerprint density at radius 3 is 2.40 bits per heavy atom. The molecule has 0 aliphatic heterocycles. The lowest BCUT2D eigenvalue weighted by molar-refractivity contribution is 0.183. The molecule has 0 spiro atoms. The van der Waals surface area contributed by atoms with E-state index in [-0.39, 0.29) is 6.42 Å². The molecule has 0 heterocycles. The van der Waals surface area contributed by atoms with Gasteiger partial charge in [0.2, 0.25) is 0 Å². The first kappa shape index (κ1) is 14.3. The van der Waals surface area contributed by atoms with Gasteiger partial charge in [0, 0.05) is 0 Å². The summed E-state index contributed by atoms with van der Waals surface area (Å²) in [6, 6.07) is 20.4. The number of nitrogens with zero attached hydrogens (tertiary/aromatic N) is 1. The zero-order valence-corrected chi connectivity index (χ0v) is 11.5. The number of aliphatic hydroxyl groups excluding tert-OH is 1. The van der Waals surface area contributed by atoms with Crippen molar-refractivity contribution >= 4 is 0 Å². The van der Waals surface area contributed by atoms with E-state index in [1.54, 1.807) is 0 Å². The van der Waals surface area contributed by atoms with E-state index in [4.69, 9.17) is 5.26 Å². The number of hydrogen-bond donors (Lipinski definition) is 1. The van der Waals surface area contributed by atoms with Crippen molar-refractivity contribution in [2.24, 2.45) is 0 Å². The summed E-state index contributed by atoms with van der Waals surface area (Å²) in [6.07, 6.45) is 2.61. The van der Waals surface area contributed by atoms with Gasteiger partial charge in [0.15, 0.2) is 0 Å². The summed E-state index contributed by atoms with van der Waals surface area (Å²) >= 11 is 0. The molecule has 0 fully saturated rings. The van der Waals surface area contributed by atoms with Crippen molar-refractivity contribution in [1.29, 1.82) is 5.26 Å². The van der Waals surface area contributed by atoms with Crippen molar-refractivity contribution in [2.45, 2.75) is 31.8 Å². The van der Waals surface area contributed by atoms with Crippen LogP contribution in [0.5, 0.6) is 0 Å². The summed E-state index contributed by atoms with van der Waals surface area (Å²) in [5, 5.41) is 18.5. The van der Waals surface area contributed by atoms with Crippen LogP contribution < -0.4 is 0 Å². The molecular formula is C18H19NO. The molecule has 0 radical (unpaired) electrons. The highest BCUT2D eigenvalue weighted by Crippen LogP contribution is 2.18. The molecule has 2 nitrogen and oxygen atoms in total. The van der Waals surface area contributed by atoms with Gasteiger partial charge in [0.25, 0.3) is 0 Å². The highest BCUT2D eigenvalue weighted by Gasteiger charge is 2.07. The smallest absolute Gasteiger partial charge is 0.0920 e. The Morgan fingerprint density at radius 1 is 0.950 bits per heavy atom. The summed E-state index contributed by atoms with van der Waals surface area (Å²) < 4.78 is 0. The number of hydrogen-bond acceptors (Lipinski definition) is 2. The number of aryl methyl sites for hydroxylation is 2. The first-order chi connectivity index (χ1) is 9.79. The molecule has 2 rings (SSSR count). The number of benzene rings is 2. The quantitative estimate of drug-likeness (QED) is 0.863. The molecule has 2 aromatic rings. The molecule has 0 saturated carbocycles. The Balaban J connectivity index is 1.90. The van der Waals surface area contributed by atoms with Gasteiger partial charge < -0.3 is 5.11 Å². The van der Waals surface area contributed by atoms with E-state index in [1.807, 2.05) is 30.3 Å². The predicted molar refractivity (Wildman–Crippen MR) is 80.1 cm³/mol. The zero-order chi connectivity index (χ0) is 14.2. The summed E-state index contributed by atoms with van der Waals surface area (Å²) in [6.45, 7) is 0. The van der Waals surface area contributed by atoms with Crippen molar-refractivity contribution < 1.29 is 5.11 Å².